The van der Waals surface area contributed by atoms with Crippen molar-refractivity contribution < 1.29 is 9.59 Å². The second kappa shape index (κ2) is 7.09. The van der Waals surface area contributed by atoms with Gasteiger partial charge in [0, 0.05) is 11.4 Å². The van der Waals surface area contributed by atoms with Crippen molar-refractivity contribution in [1.29, 1.82) is 0 Å². The lowest BCUT2D eigenvalue weighted by atomic mass is 10.1. The Bertz CT molecular complexity index is 731. The van der Waals surface area contributed by atoms with Crippen LogP contribution in [0.5, 0.6) is 0 Å². The lowest BCUT2D eigenvalue weighted by Crippen LogP contribution is -2.22. The number of aryl methyl sites for hydroxylation is 3. The minimum absolute atomic E-state index is 0.208. The monoisotopic (exact) mass is 310 g/mol. The molecule has 0 aromatic heterocycles. The number of nitrogens with one attached hydrogen (secondary N) is 2. The van der Waals surface area contributed by atoms with E-state index in [1.807, 2.05) is 64.1 Å². The maximum atomic E-state index is 12.0. The Hall–Kier alpha value is -2.62. The summed E-state index contributed by atoms with van der Waals surface area (Å²) in [6, 6.07) is 11.5. The van der Waals surface area contributed by atoms with Gasteiger partial charge in [0.25, 0.3) is 0 Å². The zero-order valence-corrected chi connectivity index (χ0v) is 14.0. The van der Waals surface area contributed by atoms with Crippen molar-refractivity contribution in [2.75, 3.05) is 10.6 Å². The number of hydrogen-bond donors (Lipinski definition) is 2. The maximum Gasteiger partial charge on any atom is 0.233 e. The zero-order chi connectivity index (χ0) is 17.0. The van der Waals surface area contributed by atoms with Gasteiger partial charge in [-0.2, -0.15) is 0 Å². The van der Waals surface area contributed by atoms with E-state index in [2.05, 4.69) is 10.6 Å². The number of benzene rings is 2. The molecule has 0 atom stereocenters. The van der Waals surface area contributed by atoms with Crippen molar-refractivity contribution in [2.24, 2.45) is 0 Å². The molecule has 0 bridgehead atoms. The summed E-state index contributed by atoms with van der Waals surface area (Å²) in [7, 11) is 0. The largest absolute Gasteiger partial charge is 0.326 e. The molecule has 120 valence electrons. The van der Waals surface area contributed by atoms with Crippen molar-refractivity contribution >= 4 is 23.2 Å². The Morgan fingerprint density at radius 1 is 0.870 bits per heavy atom. The summed E-state index contributed by atoms with van der Waals surface area (Å²) in [6.45, 7) is 7.87. The van der Waals surface area contributed by atoms with Crippen LogP contribution in [0.3, 0.4) is 0 Å². The lowest BCUT2D eigenvalue weighted by Gasteiger charge is -2.11. The van der Waals surface area contributed by atoms with E-state index in [1.165, 1.54) is 0 Å². The first-order valence-electron chi connectivity index (χ1n) is 7.59. The normalized spacial score (nSPS) is 10.3. The van der Waals surface area contributed by atoms with E-state index in [4.69, 9.17) is 0 Å². The number of anilines is 2. The maximum absolute atomic E-state index is 12.0. The van der Waals surface area contributed by atoms with Gasteiger partial charge < -0.3 is 10.6 Å². The van der Waals surface area contributed by atoms with E-state index in [9.17, 15) is 9.59 Å². The molecule has 0 spiro atoms. The Balaban J connectivity index is 1.97. The molecule has 0 aliphatic rings. The van der Waals surface area contributed by atoms with Crippen LogP contribution in [-0.2, 0) is 9.59 Å². The van der Waals surface area contributed by atoms with Gasteiger partial charge in [0.2, 0.25) is 11.8 Å². The number of amides is 2. The first kappa shape index (κ1) is 16.7. The minimum atomic E-state index is -0.321. The smallest absolute Gasteiger partial charge is 0.233 e. The molecule has 0 saturated heterocycles. The fraction of sp³-hybridized carbons (Fsp3) is 0.263. The predicted octanol–water partition coefficient (Wildman–Crippen LogP) is 3.89. The Labute approximate surface area is 136 Å². The van der Waals surface area contributed by atoms with Crippen molar-refractivity contribution in [2.45, 2.75) is 34.1 Å². The van der Waals surface area contributed by atoms with Gasteiger partial charge in [-0.15, -0.1) is 0 Å². The lowest BCUT2D eigenvalue weighted by molar-refractivity contribution is -0.123. The first-order valence-corrected chi connectivity index (χ1v) is 7.59. The van der Waals surface area contributed by atoms with Gasteiger partial charge in [-0.25, -0.2) is 0 Å². The third-order valence-electron chi connectivity index (χ3n) is 3.71. The summed E-state index contributed by atoms with van der Waals surface area (Å²) in [5, 5.41) is 5.56. The van der Waals surface area contributed by atoms with Crippen LogP contribution >= 0.6 is 0 Å². The SMILES string of the molecule is Cc1cc(C)cc(NC(=O)CC(=O)Nc2cccc(C)c2C)c1. The highest BCUT2D eigenvalue weighted by molar-refractivity contribution is 6.08. The van der Waals surface area contributed by atoms with Crippen LogP contribution in [0.4, 0.5) is 11.4 Å². The summed E-state index contributed by atoms with van der Waals surface area (Å²) < 4.78 is 0. The molecule has 2 aromatic rings. The summed E-state index contributed by atoms with van der Waals surface area (Å²) >= 11 is 0. The van der Waals surface area contributed by atoms with Gasteiger partial charge in [0.15, 0.2) is 0 Å². The van der Waals surface area contributed by atoms with Crippen LogP contribution in [0.25, 0.3) is 0 Å². The summed E-state index contributed by atoms with van der Waals surface area (Å²) in [5.41, 5.74) is 5.71. The molecule has 4 heteroatoms. The Morgan fingerprint density at radius 2 is 1.48 bits per heavy atom. The van der Waals surface area contributed by atoms with Gasteiger partial charge in [-0.1, -0.05) is 18.2 Å². The summed E-state index contributed by atoms with van der Waals surface area (Å²) in [4.78, 5) is 24.1. The number of carbonyl (C=O) groups excluding carboxylic acids is 2. The third-order valence-corrected chi connectivity index (χ3v) is 3.71. The molecule has 4 nitrogen and oxygen atoms in total. The van der Waals surface area contributed by atoms with E-state index in [0.717, 1.165) is 27.9 Å². The highest BCUT2D eigenvalue weighted by Crippen LogP contribution is 2.18. The summed E-state index contributed by atoms with van der Waals surface area (Å²) in [5.74, 6) is -0.640. The van der Waals surface area contributed by atoms with Crippen LogP contribution in [0.2, 0.25) is 0 Å². The van der Waals surface area contributed by atoms with Gasteiger partial charge >= 0.3 is 0 Å². The first-order chi connectivity index (χ1) is 10.8. The number of carbonyl (C=O) groups is 2. The van der Waals surface area contributed by atoms with Crippen LogP contribution in [-0.4, -0.2) is 11.8 Å². The zero-order valence-electron chi connectivity index (χ0n) is 14.0. The van der Waals surface area contributed by atoms with E-state index >= 15 is 0 Å². The molecule has 2 aromatic carbocycles. The highest BCUT2D eigenvalue weighted by Gasteiger charge is 2.12. The van der Waals surface area contributed by atoms with Gasteiger partial charge in [-0.05, 0) is 68.1 Å². The molecule has 23 heavy (non-hydrogen) atoms. The van der Waals surface area contributed by atoms with Crippen molar-refractivity contribution in [1.82, 2.24) is 0 Å². The average Bonchev–Trinajstić information content (AvgIpc) is 2.42. The molecule has 0 saturated carbocycles. The van der Waals surface area contributed by atoms with Crippen LogP contribution < -0.4 is 10.6 Å². The Morgan fingerprint density at radius 3 is 2.13 bits per heavy atom. The molecule has 0 radical (unpaired) electrons. The second-order valence-electron chi connectivity index (χ2n) is 5.90. The van der Waals surface area contributed by atoms with Crippen LogP contribution in [0.15, 0.2) is 36.4 Å². The van der Waals surface area contributed by atoms with E-state index in [0.29, 0.717) is 5.69 Å². The Kier molecular flexibility index (Phi) is 5.16. The molecule has 2 N–H and O–H groups in total. The highest BCUT2D eigenvalue weighted by atomic mass is 16.2. The predicted molar refractivity (Wildman–Crippen MR) is 93.7 cm³/mol. The molecular formula is C19H22N2O2. The topological polar surface area (TPSA) is 58.2 Å². The molecule has 0 aliphatic heterocycles. The third kappa shape index (κ3) is 4.68. The molecule has 0 aliphatic carbocycles. The van der Waals surface area contributed by atoms with Crippen molar-refractivity contribution in [3.8, 4) is 0 Å². The fourth-order valence-electron chi connectivity index (χ4n) is 2.48. The fourth-order valence-corrected chi connectivity index (χ4v) is 2.48. The second-order valence-corrected chi connectivity index (χ2v) is 5.90. The van der Waals surface area contributed by atoms with Crippen LogP contribution in [0, 0.1) is 27.7 Å². The number of rotatable bonds is 4. The van der Waals surface area contributed by atoms with Crippen molar-refractivity contribution in [3.63, 3.8) is 0 Å². The van der Waals surface area contributed by atoms with E-state index in [1.54, 1.807) is 0 Å². The van der Waals surface area contributed by atoms with Gasteiger partial charge in [-0.3, -0.25) is 9.59 Å². The molecular weight excluding hydrogens is 288 g/mol. The molecule has 0 fully saturated rings. The molecule has 0 unspecified atom stereocenters. The van der Waals surface area contributed by atoms with E-state index in [-0.39, 0.29) is 18.2 Å². The van der Waals surface area contributed by atoms with Crippen LogP contribution in [0.1, 0.15) is 28.7 Å². The van der Waals surface area contributed by atoms with Crippen molar-refractivity contribution in [3.05, 3.63) is 58.7 Å². The minimum Gasteiger partial charge on any atom is -0.326 e. The quantitative estimate of drug-likeness (QED) is 0.842. The number of hydrogen-bond acceptors (Lipinski definition) is 2. The average molecular weight is 310 g/mol. The molecule has 2 rings (SSSR count). The van der Waals surface area contributed by atoms with Gasteiger partial charge in [0.1, 0.15) is 6.42 Å². The summed E-state index contributed by atoms with van der Waals surface area (Å²) in [6.07, 6.45) is -0.208. The standard InChI is InChI=1S/C19H22N2O2/c1-12-8-13(2)10-16(9-12)20-18(22)11-19(23)21-17-7-5-6-14(3)15(17)4/h5-10H,11H2,1-4H3,(H,20,22)(H,21,23). The molecule has 2 amide bonds. The van der Waals surface area contributed by atoms with E-state index < -0.39 is 0 Å². The van der Waals surface area contributed by atoms with Gasteiger partial charge in [0.05, 0.1) is 0 Å². The molecule has 0 heterocycles.